The first-order chi connectivity index (χ1) is 7.36. The van der Waals surface area contributed by atoms with Crippen LogP contribution in [0.25, 0.3) is 0 Å². The molecule has 0 fully saturated rings. The summed E-state index contributed by atoms with van der Waals surface area (Å²) in [6.45, 7) is 0.956. The molecule has 0 amide bonds. The number of benzene rings is 1. The van der Waals surface area contributed by atoms with Crippen molar-refractivity contribution >= 4 is 5.69 Å². The van der Waals surface area contributed by atoms with Crippen molar-refractivity contribution in [2.24, 2.45) is 0 Å². The summed E-state index contributed by atoms with van der Waals surface area (Å²) in [6, 6.07) is 0. The Labute approximate surface area is 87.7 Å². The van der Waals surface area contributed by atoms with Crippen molar-refractivity contribution in [1.29, 1.82) is 0 Å². The Balaban J connectivity index is 3.18. The van der Waals surface area contributed by atoms with Gasteiger partial charge in [0.1, 0.15) is 5.69 Å². The molecular formula is C9H8F5NO. The summed E-state index contributed by atoms with van der Waals surface area (Å²) in [7, 11) is 0. The van der Waals surface area contributed by atoms with Crippen molar-refractivity contribution < 1.29 is 27.1 Å². The first kappa shape index (κ1) is 12.7. The van der Waals surface area contributed by atoms with E-state index in [-0.39, 0.29) is 6.54 Å². The van der Waals surface area contributed by atoms with Gasteiger partial charge in [-0.15, -0.1) is 0 Å². The van der Waals surface area contributed by atoms with E-state index < -0.39 is 40.9 Å². The zero-order valence-electron chi connectivity index (χ0n) is 8.12. The van der Waals surface area contributed by atoms with Crippen LogP contribution in [0.5, 0.6) is 0 Å². The number of hydrogen-bond donors (Lipinski definition) is 2. The molecule has 0 spiro atoms. The van der Waals surface area contributed by atoms with Crippen molar-refractivity contribution in [1.82, 2.24) is 0 Å². The summed E-state index contributed by atoms with van der Waals surface area (Å²) in [5, 5.41) is 10.8. The molecular weight excluding hydrogens is 233 g/mol. The second-order valence-electron chi connectivity index (χ2n) is 3.17. The summed E-state index contributed by atoms with van der Waals surface area (Å²) in [5.74, 6) is -10.1. The Hall–Kier alpha value is -1.37. The molecule has 0 aromatic heterocycles. The van der Waals surface area contributed by atoms with Crippen LogP contribution in [0.4, 0.5) is 27.6 Å². The molecule has 7 heteroatoms. The summed E-state index contributed by atoms with van der Waals surface area (Å²) in [6.07, 6.45) is -0.991. The fraction of sp³-hybridized carbons (Fsp3) is 0.333. The van der Waals surface area contributed by atoms with E-state index in [2.05, 4.69) is 0 Å². The first-order valence-corrected chi connectivity index (χ1v) is 4.29. The van der Waals surface area contributed by atoms with Gasteiger partial charge in [0.25, 0.3) is 0 Å². The number of rotatable bonds is 3. The Kier molecular flexibility index (Phi) is 3.69. The lowest BCUT2D eigenvalue weighted by Crippen LogP contribution is -2.18. The van der Waals surface area contributed by atoms with E-state index in [0.717, 1.165) is 0 Å². The van der Waals surface area contributed by atoms with Gasteiger partial charge in [-0.05, 0) is 6.92 Å². The van der Waals surface area contributed by atoms with E-state index in [1.54, 1.807) is 0 Å². The molecule has 90 valence electrons. The highest BCUT2D eigenvalue weighted by Crippen LogP contribution is 2.26. The second-order valence-corrected chi connectivity index (χ2v) is 3.17. The lowest BCUT2D eigenvalue weighted by Gasteiger charge is -2.11. The molecule has 0 saturated carbocycles. The molecule has 1 aromatic carbocycles. The van der Waals surface area contributed by atoms with Crippen molar-refractivity contribution in [3.8, 4) is 0 Å². The molecule has 0 radical (unpaired) electrons. The average molecular weight is 241 g/mol. The van der Waals surface area contributed by atoms with Gasteiger partial charge in [-0.25, -0.2) is 22.0 Å². The summed E-state index contributed by atoms with van der Waals surface area (Å²) in [4.78, 5) is 0. The molecule has 0 heterocycles. The minimum atomic E-state index is -2.21. The summed E-state index contributed by atoms with van der Waals surface area (Å²) < 4.78 is 63.9. The normalized spacial score (nSPS) is 12.7. The van der Waals surface area contributed by atoms with Crippen LogP contribution in [0.2, 0.25) is 0 Å². The molecule has 1 atom stereocenters. The van der Waals surface area contributed by atoms with Gasteiger partial charge in [-0.3, -0.25) is 0 Å². The molecule has 0 saturated heterocycles. The molecule has 0 aliphatic carbocycles. The molecule has 1 unspecified atom stereocenters. The number of aliphatic hydroxyl groups excluding tert-OH is 1. The van der Waals surface area contributed by atoms with Gasteiger partial charge in [0.05, 0.1) is 6.10 Å². The Morgan fingerprint density at radius 3 is 1.69 bits per heavy atom. The molecule has 16 heavy (non-hydrogen) atoms. The van der Waals surface area contributed by atoms with E-state index >= 15 is 0 Å². The van der Waals surface area contributed by atoms with Gasteiger partial charge in [-0.2, -0.15) is 0 Å². The van der Waals surface area contributed by atoms with Crippen LogP contribution < -0.4 is 5.32 Å². The zero-order chi connectivity index (χ0) is 12.5. The summed E-state index contributed by atoms with van der Waals surface area (Å²) >= 11 is 0. The van der Waals surface area contributed by atoms with Crippen LogP contribution in [0.3, 0.4) is 0 Å². The van der Waals surface area contributed by atoms with Crippen molar-refractivity contribution in [3.05, 3.63) is 29.1 Å². The highest BCUT2D eigenvalue weighted by molar-refractivity contribution is 5.47. The van der Waals surface area contributed by atoms with Crippen molar-refractivity contribution in [2.75, 3.05) is 11.9 Å². The molecule has 1 aromatic rings. The average Bonchev–Trinajstić information content (AvgIpc) is 2.23. The quantitative estimate of drug-likeness (QED) is 0.483. The Morgan fingerprint density at radius 2 is 1.31 bits per heavy atom. The smallest absolute Gasteiger partial charge is 0.200 e. The van der Waals surface area contributed by atoms with Crippen LogP contribution in [-0.4, -0.2) is 17.8 Å². The number of aliphatic hydroxyl groups is 1. The monoisotopic (exact) mass is 241 g/mol. The minimum Gasteiger partial charge on any atom is -0.392 e. The Morgan fingerprint density at radius 1 is 0.938 bits per heavy atom. The van der Waals surface area contributed by atoms with Gasteiger partial charge in [0.15, 0.2) is 23.3 Å². The van der Waals surface area contributed by atoms with Gasteiger partial charge in [0.2, 0.25) is 5.82 Å². The van der Waals surface area contributed by atoms with Crippen LogP contribution in [-0.2, 0) is 0 Å². The first-order valence-electron chi connectivity index (χ1n) is 4.29. The number of nitrogens with one attached hydrogen (secondary N) is 1. The van der Waals surface area contributed by atoms with E-state index in [0.29, 0.717) is 0 Å². The highest BCUT2D eigenvalue weighted by Gasteiger charge is 2.25. The third-order valence-electron chi connectivity index (χ3n) is 1.78. The fourth-order valence-corrected chi connectivity index (χ4v) is 1.01. The van der Waals surface area contributed by atoms with Crippen molar-refractivity contribution in [3.63, 3.8) is 0 Å². The maximum Gasteiger partial charge on any atom is 0.200 e. The van der Waals surface area contributed by atoms with Crippen LogP contribution >= 0.6 is 0 Å². The molecule has 0 bridgehead atoms. The Bertz CT molecular complexity index is 378. The van der Waals surface area contributed by atoms with E-state index in [4.69, 9.17) is 5.11 Å². The third-order valence-corrected chi connectivity index (χ3v) is 1.78. The third kappa shape index (κ3) is 2.24. The number of anilines is 1. The molecule has 2 nitrogen and oxygen atoms in total. The predicted octanol–water partition coefficient (Wildman–Crippen LogP) is 2.17. The number of hydrogen-bond acceptors (Lipinski definition) is 2. The highest BCUT2D eigenvalue weighted by atomic mass is 19.2. The molecule has 0 aliphatic heterocycles. The summed E-state index contributed by atoms with van der Waals surface area (Å²) in [5.41, 5.74) is -1.14. The van der Waals surface area contributed by atoms with E-state index in [9.17, 15) is 22.0 Å². The van der Waals surface area contributed by atoms with Gasteiger partial charge >= 0.3 is 0 Å². The van der Waals surface area contributed by atoms with Crippen LogP contribution in [0.1, 0.15) is 6.92 Å². The molecule has 2 N–H and O–H groups in total. The number of halogens is 5. The fourth-order valence-electron chi connectivity index (χ4n) is 1.01. The van der Waals surface area contributed by atoms with Gasteiger partial charge in [0, 0.05) is 6.54 Å². The lowest BCUT2D eigenvalue weighted by molar-refractivity contribution is 0.208. The molecule has 1 rings (SSSR count). The maximum atomic E-state index is 13.0. The zero-order valence-corrected chi connectivity index (χ0v) is 8.12. The minimum absolute atomic E-state index is 0.335. The standard InChI is InChI=1S/C9H8F5NO/c1-3(16)2-15-9-7(13)5(11)4(10)6(12)8(9)14/h3,15-16H,2H2,1H3. The van der Waals surface area contributed by atoms with Gasteiger partial charge < -0.3 is 10.4 Å². The predicted molar refractivity (Wildman–Crippen MR) is 46.4 cm³/mol. The SMILES string of the molecule is CC(O)CNc1c(F)c(F)c(F)c(F)c1F. The largest absolute Gasteiger partial charge is 0.392 e. The topological polar surface area (TPSA) is 32.3 Å². The molecule has 0 aliphatic rings. The lowest BCUT2D eigenvalue weighted by atomic mass is 10.2. The van der Waals surface area contributed by atoms with Crippen molar-refractivity contribution in [2.45, 2.75) is 13.0 Å². The van der Waals surface area contributed by atoms with E-state index in [1.807, 2.05) is 5.32 Å². The second kappa shape index (κ2) is 4.65. The van der Waals surface area contributed by atoms with Gasteiger partial charge in [-0.1, -0.05) is 0 Å². The van der Waals surface area contributed by atoms with Crippen LogP contribution in [0.15, 0.2) is 0 Å². The van der Waals surface area contributed by atoms with Crippen LogP contribution in [0, 0.1) is 29.1 Å². The maximum absolute atomic E-state index is 13.0. The van der Waals surface area contributed by atoms with E-state index in [1.165, 1.54) is 6.92 Å².